The van der Waals surface area contributed by atoms with Crippen LogP contribution in [0.5, 0.6) is 0 Å². The first-order valence-electron chi connectivity index (χ1n) is 15.6. The van der Waals surface area contributed by atoms with E-state index in [1.807, 2.05) is 25.9 Å². The van der Waals surface area contributed by atoms with Crippen molar-refractivity contribution in [2.24, 2.45) is 7.05 Å². The Kier molecular flexibility index (Phi) is 8.85. The van der Waals surface area contributed by atoms with Crippen molar-refractivity contribution in [3.8, 4) is 11.3 Å². The fourth-order valence-corrected chi connectivity index (χ4v) is 7.59. The minimum atomic E-state index is -4.18. The fourth-order valence-electron chi connectivity index (χ4n) is 6.30. The second-order valence-corrected chi connectivity index (χ2v) is 14.2. The van der Waals surface area contributed by atoms with Crippen molar-refractivity contribution in [1.82, 2.24) is 28.7 Å². The van der Waals surface area contributed by atoms with Gasteiger partial charge in [0.25, 0.3) is 16.1 Å². The fraction of sp³-hybridized carbons (Fsp3) is 0.294. The second-order valence-electron chi connectivity index (χ2n) is 12.4. The maximum Gasteiger partial charge on any atom is 0.269 e. The predicted molar refractivity (Wildman–Crippen MR) is 184 cm³/mol. The molecule has 2 N–H and O–H groups in total. The van der Waals surface area contributed by atoms with Crippen molar-refractivity contribution in [2.75, 3.05) is 32.5 Å². The summed E-state index contributed by atoms with van der Waals surface area (Å²) in [4.78, 5) is 23.0. The van der Waals surface area contributed by atoms with Gasteiger partial charge in [-0.3, -0.25) is 10.1 Å². The molecule has 12 nitrogen and oxygen atoms in total. The molecule has 49 heavy (non-hydrogen) atoms. The maximum absolute atomic E-state index is 16.0. The highest BCUT2D eigenvalue weighted by molar-refractivity contribution is 7.90. The summed E-state index contributed by atoms with van der Waals surface area (Å²) in [7, 11) is 1.22. The molecule has 0 saturated heterocycles. The molecule has 1 aliphatic carbocycles. The molecule has 0 amide bonds. The van der Waals surface area contributed by atoms with Gasteiger partial charge in [0.05, 0.1) is 21.8 Å². The quantitative estimate of drug-likeness (QED) is 0.138. The van der Waals surface area contributed by atoms with E-state index >= 15 is 8.78 Å². The molecular weight excluding hydrogens is 654 g/mol. The van der Waals surface area contributed by atoms with Crippen molar-refractivity contribution in [3.05, 3.63) is 106 Å². The molecule has 0 spiro atoms. The number of benzene rings is 2. The SMILES string of the molecule is CCNC1(CCN(C)C)C=C(F)C(Nc2nc(-c3cn(C)c4cccc(F)c34)c3ccn(S(=O)(=O)c4ccc(C)cc4)c3n2)=CC1[N+](=O)[O-]. The largest absolute Gasteiger partial charge is 0.350 e. The maximum atomic E-state index is 16.0. The Morgan fingerprint density at radius 2 is 1.84 bits per heavy atom. The monoisotopic (exact) mass is 690 g/mol. The van der Waals surface area contributed by atoms with Crippen LogP contribution in [0, 0.1) is 22.9 Å². The van der Waals surface area contributed by atoms with Gasteiger partial charge in [0, 0.05) is 46.8 Å². The molecule has 6 rings (SSSR count). The molecule has 256 valence electrons. The molecule has 2 unspecified atom stereocenters. The van der Waals surface area contributed by atoms with E-state index < -0.39 is 38.2 Å². The van der Waals surface area contributed by atoms with E-state index in [1.54, 1.807) is 49.0 Å². The highest BCUT2D eigenvalue weighted by Gasteiger charge is 2.47. The number of aryl methyl sites for hydroxylation is 2. The van der Waals surface area contributed by atoms with Crippen molar-refractivity contribution >= 4 is 37.9 Å². The first-order valence-corrected chi connectivity index (χ1v) is 17.1. The zero-order valence-electron chi connectivity index (χ0n) is 27.6. The van der Waals surface area contributed by atoms with Gasteiger partial charge in [0.2, 0.25) is 5.95 Å². The van der Waals surface area contributed by atoms with Crippen LogP contribution in [-0.4, -0.2) is 75.5 Å². The van der Waals surface area contributed by atoms with Crippen LogP contribution in [0.1, 0.15) is 18.9 Å². The first-order chi connectivity index (χ1) is 23.3. The van der Waals surface area contributed by atoms with Gasteiger partial charge in [-0.2, -0.15) is 4.98 Å². The summed E-state index contributed by atoms with van der Waals surface area (Å²) in [6.45, 7) is 4.44. The smallest absolute Gasteiger partial charge is 0.269 e. The van der Waals surface area contributed by atoms with Gasteiger partial charge in [-0.15, -0.1) is 0 Å². The average Bonchev–Trinajstić information content (AvgIpc) is 3.63. The first kappa shape index (κ1) is 33.9. The summed E-state index contributed by atoms with van der Waals surface area (Å²) in [5.41, 5.74) is 0.344. The zero-order chi connectivity index (χ0) is 35.2. The number of halogens is 2. The lowest BCUT2D eigenvalue weighted by Gasteiger charge is -2.36. The van der Waals surface area contributed by atoms with Gasteiger partial charge in [-0.05, 0) is 76.9 Å². The Morgan fingerprint density at radius 1 is 1.10 bits per heavy atom. The van der Waals surface area contributed by atoms with E-state index in [9.17, 15) is 18.5 Å². The molecule has 0 saturated carbocycles. The molecule has 3 aromatic heterocycles. The number of aromatic nitrogens is 4. The van der Waals surface area contributed by atoms with E-state index in [2.05, 4.69) is 20.6 Å². The molecule has 0 radical (unpaired) electrons. The van der Waals surface area contributed by atoms with Crippen molar-refractivity contribution < 1.29 is 22.1 Å². The van der Waals surface area contributed by atoms with Crippen molar-refractivity contribution in [3.63, 3.8) is 0 Å². The summed E-state index contributed by atoms with van der Waals surface area (Å²) in [6, 6.07) is 11.1. The molecule has 2 aromatic carbocycles. The number of nitro groups is 1. The lowest BCUT2D eigenvalue weighted by Crippen LogP contribution is -2.58. The van der Waals surface area contributed by atoms with E-state index in [4.69, 9.17) is 0 Å². The number of fused-ring (bicyclic) bond motifs is 2. The number of allylic oxidation sites excluding steroid dienone is 1. The topological polar surface area (TPSA) is 140 Å². The van der Waals surface area contributed by atoms with E-state index in [-0.39, 0.29) is 39.7 Å². The highest BCUT2D eigenvalue weighted by Crippen LogP contribution is 2.38. The minimum absolute atomic E-state index is 0.0109. The lowest BCUT2D eigenvalue weighted by molar-refractivity contribution is -0.519. The third-order valence-electron chi connectivity index (χ3n) is 8.75. The van der Waals surface area contributed by atoms with Crippen molar-refractivity contribution in [2.45, 2.75) is 36.7 Å². The summed E-state index contributed by atoms with van der Waals surface area (Å²) in [5.74, 6) is -1.53. The Hall–Kier alpha value is -4.99. The third kappa shape index (κ3) is 6.09. The molecule has 1 aliphatic rings. The van der Waals surface area contributed by atoms with E-state index in [0.29, 0.717) is 29.6 Å². The number of rotatable bonds is 11. The van der Waals surface area contributed by atoms with Crippen LogP contribution in [0.25, 0.3) is 33.2 Å². The number of hydrogen-bond donors (Lipinski definition) is 2. The summed E-state index contributed by atoms with van der Waals surface area (Å²) in [6.07, 6.45) is 5.65. The van der Waals surface area contributed by atoms with Crippen LogP contribution >= 0.6 is 0 Å². The van der Waals surface area contributed by atoms with E-state index in [0.717, 1.165) is 9.54 Å². The van der Waals surface area contributed by atoms with Crippen LogP contribution in [0.4, 0.5) is 14.7 Å². The molecule has 15 heteroatoms. The summed E-state index contributed by atoms with van der Waals surface area (Å²) >= 11 is 0. The van der Waals surface area contributed by atoms with Gasteiger partial charge >= 0.3 is 0 Å². The van der Waals surface area contributed by atoms with Gasteiger partial charge in [-0.1, -0.05) is 30.7 Å². The second kappa shape index (κ2) is 12.8. The minimum Gasteiger partial charge on any atom is -0.350 e. The summed E-state index contributed by atoms with van der Waals surface area (Å²) < 4.78 is 61.9. The number of anilines is 1. The van der Waals surface area contributed by atoms with Crippen LogP contribution in [0.2, 0.25) is 0 Å². The normalized spacial score (nSPS) is 18.2. The van der Waals surface area contributed by atoms with Crippen LogP contribution in [0.3, 0.4) is 0 Å². The number of nitrogens with one attached hydrogen (secondary N) is 2. The van der Waals surface area contributed by atoms with Crippen molar-refractivity contribution in [1.29, 1.82) is 0 Å². The number of nitrogens with zero attached hydrogens (tertiary/aromatic N) is 6. The Labute approximate surface area is 282 Å². The molecule has 3 heterocycles. The standard InChI is InChI=1S/C34H36F2N8O4S/c1-6-37-34(15-17-41(3)4)19-26(36)27(18-29(34)44(45)46)38-33-39-31(24-20-42(5)28-9-7-8-25(35)30(24)28)23-14-16-43(32(23)40-33)49(47,48)22-12-10-21(2)11-13-22/h7-14,16,18-20,29,37H,6,15,17H2,1-5H3,(H,38,39,40). The van der Waals surface area contributed by atoms with Gasteiger partial charge < -0.3 is 20.1 Å². The van der Waals surface area contributed by atoms with Gasteiger partial charge in [0.1, 0.15) is 17.2 Å². The molecule has 0 bridgehead atoms. The lowest BCUT2D eigenvalue weighted by atomic mass is 9.82. The highest BCUT2D eigenvalue weighted by atomic mass is 32.2. The third-order valence-corrected chi connectivity index (χ3v) is 10.4. The molecule has 0 aliphatic heterocycles. The predicted octanol–water partition coefficient (Wildman–Crippen LogP) is 5.38. The van der Waals surface area contributed by atoms with Gasteiger partial charge in [0.15, 0.2) is 5.65 Å². The number of likely N-dealkylation sites (N-methyl/N-ethyl adjacent to an activating group) is 1. The Balaban J connectivity index is 1.54. The van der Waals surface area contributed by atoms with Gasteiger partial charge in [-0.25, -0.2) is 26.2 Å². The molecule has 0 fully saturated rings. The Morgan fingerprint density at radius 3 is 2.51 bits per heavy atom. The van der Waals surface area contributed by atoms with Crippen LogP contribution in [0.15, 0.2) is 89.5 Å². The van der Waals surface area contributed by atoms with Crippen LogP contribution < -0.4 is 10.6 Å². The molecule has 2 atom stereocenters. The average molecular weight is 691 g/mol. The molecular formula is C34H36F2N8O4S. The van der Waals surface area contributed by atoms with E-state index in [1.165, 1.54) is 42.6 Å². The summed E-state index contributed by atoms with van der Waals surface area (Å²) in [5, 5.41) is 18.9. The zero-order valence-corrected chi connectivity index (χ0v) is 28.4. The van der Waals surface area contributed by atoms with Crippen LogP contribution in [-0.2, 0) is 17.1 Å². The number of hydrogen-bond acceptors (Lipinski definition) is 9. The Bertz CT molecular complexity index is 2260. The molecule has 5 aromatic rings.